The highest BCUT2D eigenvalue weighted by molar-refractivity contribution is 7.99. The number of nitrogens with two attached hydrogens (primary N) is 2. The monoisotopic (exact) mass is 400 g/mol. The zero-order valence-electron chi connectivity index (χ0n) is 18.0. The van der Waals surface area contributed by atoms with Crippen molar-refractivity contribution in [3.8, 4) is 0 Å². The zero-order chi connectivity index (χ0) is 20.7. The second-order valence-corrected chi connectivity index (χ2v) is 8.76. The van der Waals surface area contributed by atoms with E-state index in [1.807, 2.05) is 13.0 Å². The molecule has 5 heteroatoms. The number of rotatable bonds is 10. The van der Waals surface area contributed by atoms with Crippen LogP contribution in [0.15, 0.2) is 30.3 Å². The normalized spacial score (nSPS) is 11.4. The van der Waals surface area contributed by atoms with E-state index in [-0.39, 0.29) is 0 Å². The van der Waals surface area contributed by atoms with E-state index < -0.39 is 0 Å². The van der Waals surface area contributed by atoms with Crippen molar-refractivity contribution in [2.45, 2.75) is 78.0 Å². The molecule has 0 spiro atoms. The van der Waals surface area contributed by atoms with Gasteiger partial charge in [-0.15, -0.1) is 0 Å². The molecule has 0 saturated heterocycles. The molecule has 28 heavy (non-hydrogen) atoms. The van der Waals surface area contributed by atoms with Gasteiger partial charge in [0.15, 0.2) is 5.82 Å². The smallest absolute Gasteiger partial charge is 0.164 e. The predicted molar refractivity (Wildman–Crippen MR) is 126 cm³/mol. The maximum absolute atomic E-state index is 6.36. The molecule has 1 heterocycles. The van der Waals surface area contributed by atoms with Crippen LogP contribution in [-0.2, 0) is 5.75 Å². The van der Waals surface area contributed by atoms with Crippen molar-refractivity contribution in [1.29, 1.82) is 0 Å². The standard InChI is InChI=1S/C23H36N4S/c1-6-8-20(9-7-2)27(23-22(25)21(24)14-17(5)26-23)28-15-18-10-12-19(13-11-18)16(3)4/h10-14,16,20H,6-9,15,25H2,1-5H3,(H2,24,26). The second-order valence-electron chi connectivity index (χ2n) is 7.82. The molecular weight excluding hydrogens is 364 g/mol. The van der Waals surface area contributed by atoms with E-state index in [1.54, 1.807) is 11.9 Å². The Labute approximate surface area is 175 Å². The topological polar surface area (TPSA) is 68.2 Å². The first-order valence-corrected chi connectivity index (χ1v) is 11.3. The number of hydrogen-bond acceptors (Lipinski definition) is 5. The van der Waals surface area contributed by atoms with E-state index in [2.05, 4.69) is 56.3 Å². The molecule has 0 aliphatic rings. The third-order valence-corrected chi connectivity index (χ3v) is 6.21. The molecule has 0 aliphatic heterocycles. The average Bonchev–Trinajstić information content (AvgIpc) is 2.66. The largest absolute Gasteiger partial charge is 0.397 e. The minimum absolute atomic E-state index is 0.394. The lowest BCUT2D eigenvalue weighted by atomic mass is 10.0. The lowest BCUT2D eigenvalue weighted by molar-refractivity contribution is 0.557. The van der Waals surface area contributed by atoms with Gasteiger partial charge >= 0.3 is 0 Å². The van der Waals surface area contributed by atoms with Crippen molar-refractivity contribution in [3.63, 3.8) is 0 Å². The predicted octanol–water partition coefficient (Wildman–Crippen LogP) is 6.30. The van der Waals surface area contributed by atoms with E-state index in [9.17, 15) is 0 Å². The quantitative estimate of drug-likeness (QED) is 0.458. The van der Waals surface area contributed by atoms with Crippen molar-refractivity contribution < 1.29 is 0 Å². The van der Waals surface area contributed by atoms with Gasteiger partial charge in [0, 0.05) is 17.5 Å². The fraction of sp³-hybridized carbons (Fsp3) is 0.522. The maximum Gasteiger partial charge on any atom is 0.164 e. The van der Waals surface area contributed by atoms with E-state index in [0.29, 0.717) is 23.3 Å². The van der Waals surface area contributed by atoms with Crippen LogP contribution >= 0.6 is 11.9 Å². The Balaban J connectivity index is 2.30. The van der Waals surface area contributed by atoms with Crippen molar-refractivity contribution in [1.82, 2.24) is 4.98 Å². The zero-order valence-corrected chi connectivity index (χ0v) is 18.9. The van der Waals surface area contributed by atoms with Crippen LogP contribution in [0.3, 0.4) is 0 Å². The Morgan fingerprint density at radius 1 is 1.04 bits per heavy atom. The number of anilines is 3. The second kappa shape index (κ2) is 10.6. The SMILES string of the molecule is CCCC(CCC)N(SCc1ccc(C(C)C)cc1)c1nc(C)cc(N)c1N. The number of nitrogens with zero attached hydrogens (tertiary/aromatic N) is 2. The Bertz CT molecular complexity index is 737. The van der Waals surface area contributed by atoms with Crippen LogP contribution in [0.25, 0.3) is 0 Å². The molecule has 154 valence electrons. The fourth-order valence-electron chi connectivity index (χ4n) is 3.39. The summed E-state index contributed by atoms with van der Waals surface area (Å²) in [5, 5.41) is 0. The van der Waals surface area contributed by atoms with E-state index in [0.717, 1.165) is 42.9 Å². The Kier molecular flexibility index (Phi) is 8.49. The van der Waals surface area contributed by atoms with Gasteiger partial charge in [-0.25, -0.2) is 4.98 Å². The molecule has 0 bridgehead atoms. The van der Waals surface area contributed by atoms with Crippen LogP contribution in [0, 0.1) is 6.92 Å². The highest BCUT2D eigenvalue weighted by Crippen LogP contribution is 2.36. The minimum Gasteiger partial charge on any atom is -0.397 e. The van der Waals surface area contributed by atoms with Gasteiger partial charge in [0.05, 0.1) is 11.4 Å². The van der Waals surface area contributed by atoms with Crippen molar-refractivity contribution >= 4 is 29.1 Å². The number of benzene rings is 1. The summed E-state index contributed by atoms with van der Waals surface area (Å²) in [6.45, 7) is 10.9. The first-order chi connectivity index (χ1) is 13.4. The molecule has 0 saturated carbocycles. The van der Waals surface area contributed by atoms with Gasteiger partial charge in [-0.2, -0.15) is 0 Å². The summed E-state index contributed by atoms with van der Waals surface area (Å²) in [5.41, 5.74) is 17.3. The summed E-state index contributed by atoms with van der Waals surface area (Å²) in [7, 11) is 0. The van der Waals surface area contributed by atoms with Crippen LogP contribution < -0.4 is 15.8 Å². The van der Waals surface area contributed by atoms with Gasteiger partial charge in [-0.05, 0) is 54.8 Å². The van der Waals surface area contributed by atoms with E-state index in [4.69, 9.17) is 16.5 Å². The Morgan fingerprint density at radius 2 is 1.64 bits per heavy atom. The maximum atomic E-state index is 6.36. The molecule has 2 rings (SSSR count). The first kappa shape index (κ1) is 22.4. The van der Waals surface area contributed by atoms with Gasteiger partial charge in [-0.1, -0.05) is 64.8 Å². The molecule has 0 fully saturated rings. The molecule has 1 aromatic carbocycles. The van der Waals surface area contributed by atoms with Crippen molar-refractivity contribution in [2.24, 2.45) is 0 Å². The molecule has 4 N–H and O–H groups in total. The third-order valence-electron chi connectivity index (χ3n) is 5.00. The van der Waals surface area contributed by atoms with Gasteiger partial charge in [-0.3, -0.25) is 4.31 Å². The van der Waals surface area contributed by atoms with Crippen LogP contribution in [0.2, 0.25) is 0 Å². The van der Waals surface area contributed by atoms with Crippen molar-refractivity contribution in [2.75, 3.05) is 15.8 Å². The average molecular weight is 401 g/mol. The molecule has 0 atom stereocenters. The highest BCUT2D eigenvalue weighted by Gasteiger charge is 2.23. The van der Waals surface area contributed by atoms with Crippen LogP contribution in [0.4, 0.5) is 17.2 Å². The first-order valence-electron chi connectivity index (χ1n) is 10.4. The molecule has 0 unspecified atom stereocenters. The molecule has 2 aromatic rings. The fourth-order valence-corrected chi connectivity index (χ4v) is 4.55. The molecule has 1 aromatic heterocycles. The number of nitrogen functional groups attached to an aromatic ring is 2. The Hall–Kier alpha value is -1.88. The summed E-state index contributed by atoms with van der Waals surface area (Å²) in [5.74, 6) is 2.25. The Morgan fingerprint density at radius 3 is 2.18 bits per heavy atom. The summed E-state index contributed by atoms with van der Waals surface area (Å²) in [6, 6.07) is 11.2. The molecule has 0 amide bonds. The molecule has 0 radical (unpaired) electrons. The van der Waals surface area contributed by atoms with Crippen LogP contribution in [-0.4, -0.2) is 11.0 Å². The number of aromatic nitrogens is 1. The highest BCUT2D eigenvalue weighted by atomic mass is 32.2. The van der Waals surface area contributed by atoms with Crippen molar-refractivity contribution in [3.05, 3.63) is 47.2 Å². The number of pyridine rings is 1. The lowest BCUT2D eigenvalue weighted by Gasteiger charge is -2.33. The number of aryl methyl sites for hydroxylation is 1. The molecule has 4 nitrogen and oxygen atoms in total. The van der Waals surface area contributed by atoms with Crippen LogP contribution in [0.5, 0.6) is 0 Å². The van der Waals surface area contributed by atoms with Gasteiger partial charge in [0.25, 0.3) is 0 Å². The summed E-state index contributed by atoms with van der Waals surface area (Å²) in [4.78, 5) is 4.77. The molecule has 0 aliphatic carbocycles. The lowest BCUT2D eigenvalue weighted by Crippen LogP contribution is -2.31. The van der Waals surface area contributed by atoms with Gasteiger partial charge < -0.3 is 11.5 Å². The third kappa shape index (κ3) is 5.81. The molecular formula is C23H36N4S. The van der Waals surface area contributed by atoms with Gasteiger partial charge in [0.1, 0.15) is 0 Å². The van der Waals surface area contributed by atoms with Crippen LogP contribution in [0.1, 0.15) is 76.1 Å². The minimum atomic E-state index is 0.394. The summed E-state index contributed by atoms with van der Waals surface area (Å²) in [6.07, 6.45) is 4.49. The van der Waals surface area contributed by atoms with Gasteiger partial charge in [0.2, 0.25) is 0 Å². The van der Waals surface area contributed by atoms with E-state index in [1.165, 1.54) is 11.1 Å². The summed E-state index contributed by atoms with van der Waals surface area (Å²) < 4.78 is 2.32. The number of hydrogen-bond donors (Lipinski definition) is 2. The van der Waals surface area contributed by atoms with E-state index >= 15 is 0 Å². The summed E-state index contributed by atoms with van der Waals surface area (Å²) >= 11 is 1.80.